The summed E-state index contributed by atoms with van der Waals surface area (Å²) in [6.07, 6.45) is 0. The first-order chi connectivity index (χ1) is 11.9. The average molecular weight is 340 g/mol. The van der Waals surface area contributed by atoms with E-state index in [1.807, 2.05) is 39.0 Å². The lowest BCUT2D eigenvalue weighted by Crippen LogP contribution is -2.36. The van der Waals surface area contributed by atoms with Gasteiger partial charge in [0.2, 0.25) is 11.8 Å². The smallest absolute Gasteiger partial charge is 0.244 e. The lowest BCUT2D eigenvalue weighted by Gasteiger charge is -2.21. The number of nitrogens with one attached hydrogen (secondary N) is 1. The fraction of sp³-hybridized carbons (Fsp3) is 0.300. The maximum absolute atomic E-state index is 12.3. The van der Waals surface area contributed by atoms with Crippen LogP contribution in [0, 0.1) is 13.8 Å². The van der Waals surface area contributed by atoms with Crippen molar-refractivity contribution in [1.82, 2.24) is 0 Å². The van der Waals surface area contributed by atoms with E-state index in [0.29, 0.717) is 12.3 Å². The van der Waals surface area contributed by atoms with Crippen LogP contribution in [0.25, 0.3) is 0 Å². The van der Waals surface area contributed by atoms with Crippen molar-refractivity contribution in [2.24, 2.45) is 0 Å². The number of nitrogens with zero attached hydrogens (tertiary/aromatic N) is 1. The largest absolute Gasteiger partial charge is 0.494 e. The van der Waals surface area contributed by atoms with Crippen molar-refractivity contribution >= 4 is 23.2 Å². The Morgan fingerprint density at radius 1 is 1.04 bits per heavy atom. The molecule has 0 heterocycles. The zero-order valence-corrected chi connectivity index (χ0v) is 15.1. The Hall–Kier alpha value is -2.82. The molecule has 2 aromatic carbocycles. The van der Waals surface area contributed by atoms with Gasteiger partial charge in [0.05, 0.1) is 6.61 Å². The van der Waals surface area contributed by atoms with Gasteiger partial charge in [0.15, 0.2) is 0 Å². The second-order valence-corrected chi connectivity index (χ2v) is 5.88. The summed E-state index contributed by atoms with van der Waals surface area (Å²) < 4.78 is 5.40. The molecule has 0 saturated carbocycles. The minimum absolute atomic E-state index is 0.0454. The van der Waals surface area contributed by atoms with Gasteiger partial charge in [-0.05, 0) is 68.3 Å². The van der Waals surface area contributed by atoms with E-state index in [1.165, 1.54) is 11.8 Å². The second kappa shape index (κ2) is 8.33. The highest BCUT2D eigenvalue weighted by Gasteiger charge is 2.16. The van der Waals surface area contributed by atoms with Crippen molar-refractivity contribution in [3.63, 3.8) is 0 Å². The Kier molecular flexibility index (Phi) is 6.17. The Labute approximate surface area is 148 Å². The highest BCUT2D eigenvalue weighted by atomic mass is 16.5. The topological polar surface area (TPSA) is 58.6 Å². The van der Waals surface area contributed by atoms with Gasteiger partial charge in [0.25, 0.3) is 0 Å². The maximum Gasteiger partial charge on any atom is 0.244 e. The fourth-order valence-electron chi connectivity index (χ4n) is 2.44. The minimum atomic E-state index is -0.243. The van der Waals surface area contributed by atoms with Gasteiger partial charge in [0.1, 0.15) is 12.3 Å². The van der Waals surface area contributed by atoms with Crippen LogP contribution in [0.2, 0.25) is 0 Å². The zero-order chi connectivity index (χ0) is 18.4. The predicted octanol–water partition coefficient (Wildman–Crippen LogP) is 3.69. The number of hydrogen-bond acceptors (Lipinski definition) is 3. The minimum Gasteiger partial charge on any atom is -0.494 e. The van der Waals surface area contributed by atoms with Gasteiger partial charge < -0.3 is 15.0 Å². The third-order valence-electron chi connectivity index (χ3n) is 3.93. The molecule has 0 fully saturated rings. The molecule has 2 aromatic rings. The molecule has 0 aromatic heterocycles. The van der Waals surface area contributed by atoms with Crippen LogP contribution in [0.3, 0.4) is 0 Å². The van der Waals surface area contributed by atoms with E-state index in [2.05, 4.69) is 5.32 Å². The van der Waals surface area contributed by atoms with Gasteiger partial charge in [-0.1, -0.05) is 6.07 Å². The molecule has 2 rings (SSSR count). The molecule has 0 bridgehead atoms. The SMILES string of the molecule is CCOc1ccc(N(CC(=O)Nc2ccc(C)c(C)c2)C(C)=O)cc1. The van der Waals surface area contributed by atoms with E-state index in [0.717, 1.165) is 22.6 Å². The lowest BCUT2D eigenvalue weighted by molar-refractivity contribution is -0.120. The van der Waals surface area contributed by atoms with Crippen molar-refractivity contribution < 1.29 is 14.3 Å². The summed E-state index contributed by atoms with van der Waals surface area (Å²) in [5.74, 6) is 0.293. The predicted molar refractivity (Wildman–Crippen MR) is 100 cm³/mol. The van der Waals surface area contributed by atoms with E-state index in [-0.39, 0.29) is 18.4 Å². The van der Waals surface area contributed by atoms with Crippen LogP contribution in [-0.4, -0.2) is 25.0 Å². The maximum atomic E-state index is 12.3. The molecule has 0 saturated heterocycles. The molecule has 0 spiro atoms. The Morgan fingerprint density at radius 3 is 2.28 bits per heavy atom. The number of rotatable bonds is 6. The lowest BCUT2D eigenvalue weighted by atomic mass is 10.1. The van der Waals surface area contributed by atoms with E-state index >= 15 is 0 Å². The summed E-state index contributed by atoms with van der Waals surface area (Å²) in [6, 6.07) is 12.9. The average Bonchev–Trinajstić information content (AvgIpc) is 2.57. The van der Waals surface area contributed by atoms with Crippen molar-refractivity contribution in [2.75, 3.05) is 23.4 Å². The van der Waals surface area contributed by atoms with E-state index < -0.39 is 0 Å². The molecule has 0 unspecified atom stereocenters. The molecule has 0 radical (unpaired) electrons. The first kappa shape index (κ1) is 18.5. The number of hydrogen-bond donors (Lipinski definition) is 1. The monoisotopic (exact) mass is 340 g/mol. The molecule has 2 amide bonds. The number of carbonyl (C=O) groups is 2. The van der Waals surface area contributed by atoms with Gasteiger partial charge in [0, 0.05) is 18.3 Å². The van der Waals surface area contributed by atoms with Gasteiger partial charge in [-0.25, -0.2) is 0 Å². The highest BCUT2D eigenvalue weighted by Crippen LogP contribution is 2.20. The van der Waals surface area contributed by atoms with Crippen LogP contribution >= 0.6 is 0 Å². The van der Waals surface area contributed by atoms with Crippen LogP contribution in [0.5, 0.6) is 5.75 Å². The zero-order valence-electron chi connectivity index (χ0n) is 15.1. The van der Waals surface area contributed by atoms with Gasteiger partial charge in [-0.15, -0.1) is 0 Å². The Bertz CT molecular complexity index is 754. The van der Waals surface area contributed by atoms with Crippen LogP contribution in [-0.2, 0) is 9.59 Å². The Morgan fingerprint density at radius 2 is 1.72 bits per heavy atom. The third kappa shape index (κ3) is 5.08. The normalized spacial score (nSPS) is 10.2. The molecule has 5 heteroatoms. The Balaban J connectivity index is 2.08. The number of benzene rings is 2. The highest BCUT2D eigenvalue weighted by molar-refractivity contribution is 6.01. The van der Waals surface area contributed by atoms with E-state index in [9.17, 15) is 9.59 Å². The molecular formula is C20H24N2O3. The van der Waals surface area contributed by atoms with E-state index in [1.54, 1.807) is 24.3 Å². The summed E-state index contributed by atoms with van der Waals surface area (Å²) in [6.45, 7) is 7.90. The van der Waals surface area contributed by atoms with Gasteiger partial charge in [-0.3, -0.25) is 9.59 Å². The van der Waals surface area contributed by atoms with Gasteiger partial charge >= 0.3 is 0 Å². The summed E-state index contributed by atoms with van der Waals surface area (Å²) in [5.41, 5.74) is 3.65. The summed E-state index contributed by atoms with van der Waals surface area (Å²) in [7, 11) is 0. The molecule has 5 nitrogen and oxygen atoms in total. The first-order valence-electron chi connectivity index (χ1n) is 8.28. The molecule has 1 N–H and O–H groups in total. The van der Waals surface area contributed by atoms with Crippen molar-refractivity contribution in [3.05, 3.63) is 53.6 Å². The van der Waals surface area contributed by atoms with Crippen LogP contribution in [0.15, 0.2) is 42.5 Å². The van der Waals surface area contributed by atoms with Crippen LogP contribution in [0.1, 0.15) is 25.0 Å². The number of anilines is 2. The molecule has 0 atom stereocenters. The quantitative estimate of drug-likeness (QED) is 0.872. The second-order valence-electron chi connectivity index (χ2n) is 5.88. The van der Waals surface area contributed by atoms with E-state index in [4.69, 9.17) is 4.74 Å². The summed E-state index contributed by atoms with van der Waals surface area (Å²) in [5, 5.41) is 2.84. The molecule has 0 aliphatic heterocycles. The van der Waals surface area contributed by atoms with Crippen molar-refractivity contribution in [2.45, 2.75) is 27.7 Å². The number of amides is 2. The standard InChI is InChI=1S/C20H24N2O3/c1-5-25-19-10-8-18(9-11-19)22(16(4)23)13-20(24)21-17-7-6-14(2)15(3)12-17/h6-12H,5,13H2,1-4H3,(H,21,24). The summed E-state index contributed by atoms with van der Waals surface area (Å²) >= 11 is 0. The first-order valence-corrected chi connectivity index (χ1v) is 8.28. The number of ether oxygens (including phenoxy) is 1. The van der Waals surface area contributed by atoms with Crippen LogP contribution < -0.4 is 15.0 Å². The molecule has 0 aliphatic carbocycles. The molecular weight excluding hydrogens is 316 g/mol. The molecule has 0 aliphatic rings. The number of aryl methyl sites for hydroxylation is 2. The van der Waals surface area contributed by atoms with Crippen molar-refractivity contribution in [1.29, 1.82) is 0 Å². The molecule has 25 heavy (non-hydrogen) atoms. The number of carbonyl (C=O) groups excluding carboxylic acids is 2. The summed E-state index contributed by atoms with van der Waals surface area (Å²) in [4.78, 5) is 25.7. The van der Waals surface area contributed by atoms with Crippen LogP contribution in [0.4, 0.5) is 11.4 Å². The molecule has 132 valence electrons. The van der Waals surface area contributed by atoms with Gasteiger partial charge in [-0.2, -0.15) is 0 Å². The third-order valence-corrected chi connectivity index (χ3v) is 3.93. The fourth-order valence-corrected chi connectivity index (χ4v) is 2.44. The van der Waals surface area contributed by atoms with Crippen molar-refractivity contribution in [3.8, 4) is 5.75 Å².